The van der Waals surface area contributed by atoms with E-state index in [1.807, 2.05) is 60.7 Å². The van der Waals surface area contributed by atoms with E-state index in [1.165, 1.54) is 0 Å². The molecule has 5 aromatic carbocycles. The summed E-state index contributed by atoms with van der Waals surface area (Å²) in [5.41, 5.74) is 8.95. The zero-order chi connectivity index (χ0) is 22.6. The van der Waals surface area contributed by atoms with Gasteiger partial charge in [-0.2, -0.15) is 0 Å². The number of hydrogen-bond donors (Lipinski definition) is 2. The molecule has 0 aliphatic heterocycles. The van der Waals surface area contributed by atoms with Gasteiger partial charge in [0.15, 0.2) is 0 Å². The molecule has 0 unspecified atom stereocenters. The maximum atomic E-state index is 9.99. The number of benzene rings is 5. The minimum atomic E-state index is -1.54. The van der Waals surface area contributed by atoms with E-state index in [2.05, 4.69) is 66.7 Å². The summed E-state index contributed by atoms with van der Waals surface area (Å²) in [6.45, 7) is 0. The van der Waals surface area contributed by atoms with Crippen molar-refractivity contribution in [2.75, 3.05) is 0 Å². The molecule has 5 aromatic rings. The molecule has 33 heavy (non-hydrogen) atoms. The minimum absolute atomic E-state index is 0.470. The summed E-state index contributed by atoms with van der Waals surface area (Å²) in [5, 5.41) is 20.0. The molecule has 5 rings (SSSR count). The van der Waals surface area contributed by atoms with Gasteiger partial charge in [-0.1, -0.05) is 109 Å². The van der Waals surface area contributed by atoms with Crippen LogP contribution in [-0.4, -0.2) is 17.2 Å². The first kappa shape index (κ1) is 21.0. The molecule has 0 spiro atoms. The van der Waals surface area contributed by atoms with E-state index in [1.54, 1.807) is 0 Å². The Hall–Kier alpha value is -3.92. The van der Waals surface area contributed by atoms with E-state index in [0.717, 1.165) is 44.5 Å². The lowest BCUT2D eigenvalue weighted by Crippen LogP contribution is -2.29. The van der Waals surface area contributed by atoms with Crippen molar-refractivity contribution in [3.05, 3.63) is 127 Å². The predicted molar refractivity (Wildman–Crippen MR) is 138 cm³/mol. The smallest absolute Gasteiger partial charge is 0.423 e. The van der Waals surface area contributed by atoms with Gasteiger partial charge in [-0.15, -0.1) is 0 Å². The van der Waals surface area contributed by atoms with Crippen molar-refractivity contribution in [2.24, 2.45) is 0 Å². The van der Waals surface area contributed by atoms with Gasteiger partial charge in [-0.25, -0.2) is 0 Å². The average molecular weight is 426 g/mol. The van der Waals surface area contributed by atoms with Gasteiger partial charge in [0.1, 0.15) is 0 Å². The first-order chi connectivity index (χ1) is 16.2. The Bertz CT molecular complexity index is 1280. The topological polar surface area (TPSA) is 40.5 Å². The molecule has 0 aliphatic carbocycles. The summed E-state index contributed by atoms with van der Waals surface area (Å²) >= 11 is 0. The average Bonchev–Trinajstić information content (AvgIpc) is 2.89. The molecule has 0 aromatic heterocycles. The summed E-state index contributed by atoms with van der Waals surface area (Å²) in [5.74, 6) is 0. The maximum absolute atomic E-state index is 9.99. The van der Waals surface area contributed by atoms with Crippen LogP contribution < -0.4 is 5.46 Å². The van der Waals surface area contributed by atoms with E-state index < -0.39 is 7.12 Å². The van der Waals surface area contributed by atoms with Crippen molar-refractivity contribution in [1.82, 2.24) is 0 Å². The Morgan fingerprint density at radius 3 is 1.06 bits per heavy atom. The van der Waals surface area contributed by atoms with Crippen LogP contribution in [0.1, 0.15) is 0 Å². The van der Waals surface area contributed by atoms with E-state index >= 15 is 0 Å². The monoisotopic (exact) mass is 426 g/mol. The van der Waals surface area contributed by atoms with Crippen LogP contribution in [0.15, 0.2) is 127 Å². The van der Waals surface area contributed by atoms with Gasteiger partial charge in [-0.3, -0.25) is 0 Å². The van der Waals surface area contributed by atoms with Gasteiger partial charge >= 0.3 is 7.12 Å². The Morgan fingerprint density at radius 2 is 0.667 bits per heavy atom. The van der Waals surface area contributed by atoms with Crippen LogP contribution in [0.4, 0.5) is 0 Å². The van der Waals surface area contributed by atoms with Crippen molar-refractivity contribution in [2.45, 2.75) is 0 Å². The molecule has 3 heteroatoms. The van der Waals surface area contributed by atoms with Crippen molar-refractivity contribution in [1.29, 1.82) is 0 Å². The van der Waals surface area contributed by atoms with Crippen molar-refractivity contribution in [3.63, 3.8) is 0 Å². The highest BCUT2D eigenvalue weighted by Gasteiger charge is 2.15. The van der Waals surface area contributed by atoms with Crippen LogP contribution in [0, 0.1) is 0 Å². The molecule has 0 amide bonds. The first-order valence-electron chi connectivity index (χ1n) is 11.0. The second-order valence-electron chi connectivity index (χ2n) is 8.11. The Morgan fingerprint density at radius 1 is 0.333 bits per heavy atom. The lowest BCUT2D eigenvalue weighted by atomic mass is 9.77. The largest absolute Gasteiger partial charge is 0.488 e. The highest BCUT2D eigenvalue weighted by Crippen LogP contribution is 2.31. The number of rotatable bonds is 5. The molecule has 0 saturated heterocycles. The second kappa shape index (κ2) is 9.29. The SMILES string of the molecule is OB(O)c1cc(-c2cccc(-c3ccccc3)c2)cc(-c2cccc(-c3ccccc3)c2)c1. The van der Waals surface area contributed by atoms with Crippen LogP contribution in [0.3, 0.4) is 0 Å². The quantitative estimate of drug-likeness (QED) is 0.337. The summed E-state index contributed by atoms with van der Waals surface area (Å²) in [4.78, 5) is 0. The molecule has 0 saturated carbocycles. The van der Waals surface area contributed by atoms with Gasteiger partial charge in [0, 0.05) is 0 Å². The van der Waals surface area contributed by atoms with Crippen LogP contribution >= 0.6 is 0 Å². The Labute approximate surface area is 194 Å². The molecule has 0 aliphatic rings. The van der Waals surface area contributed by atoms with Crippen LogP contribution in [0.2, 0.25) is 0 Å². The molecule has 0 heterocycles. The molecule has 0 fully saturated rings. The summed E-state index contributed by atoms with van der Waals surface area (Å²) in [6, 6.07) is 43.0. The third-order valence-corrected chi connectivity index (χ3v) is 5.86. The normalized spacial score (nSPS) is 10.7. The molecule has 158 valence electrons. The lowest BCUT2D eigenvalue weighted by Gasteiger charge is -2.13. The second-order valence-corrected chi connectivity index (χ2v) is 8.11. The predicted octanol–water partition coefficient (Wildman–Crippen LogP) is 6.03. The van der Waals surface area contributed by atoms with Gasteiger partial charge < -0.3 is 10.0 Å². The first-order valence-corrected chi connectivity index (χ1v) is 11.0. The third kappa shape index (κ3) is 4.65. The fourth-order valence-corrected chi connectivity index (χ4v) is 4.15. The molecule has 0 bridgehead atoms. The van der Waals surface area contributed by atoms with E-state index in [-0.39, 0.29) is 0 Å². The van der Waals surface area contributed by atoms with Crippen LogP contribution in [0.25, 0.3) is 44.5 Å². The lowest BCUT2D eigenvalue weighted by molar-refractivity contribution is 0.426. The summed E-state index contributed by atoms with van der Waals surface area (Å²) < 4.78 is 0. The van der Waals surface area contributed by atoms with Crippen molar-refractivity contribution >= 4 is 12.6 Å². The molecular weight excluding hydrogens is 403 g/mol. The van der Waals surface area contributed by atoms with Crippen LogP contribution in [-0.2, 0) is 0 Å². The molecule has 2 nitrogen and oxygen atoms in total. The third-order valence-electron chi connectivity index (χ3n) is 5.86. The van der Waals surface area contributed by atoms with E-state index in [0.29, 0.717) is 5.46 Å². The summed E-state index contributed by atoms with van der Waals surface area (Å²) in [6.07, 6.45) is 0. The zero-order valence-electron chi connectivity index (χ0n) is 18.1. The molecule has 0 atom stereocenters. The van der Waals surface area contributed by atoms with Crippen LogP contribution in [0.5, 0.6) is 0 Å². The molecule has 2 N–H and O–H groups in total. The van der Waals surface area contributed by atoms with E-state index in [4.69, 9.17) is 0 Å². The zero-order valence-corrected chi connectivity index (χ0v) is 18.1. The van der Waals surface area contributed by atoms with Crippen molar-refractivity contribution < 1.29 is 10.0 Å². The van der Waals surface area contributed by atoms with Gasteiger partial charge in [-0.05, 0) is 68.2 Å². The summed E-state index contributed by atoms with van der Waals surface area (Å²) in [7, 11) is -1.54. The standard InChI is InChI=1S/C30H23BO2/c32-31(33)30-20-28(26-15-7-13-24(17-26)22-9-3-1-4-10-22)19-29(21-30)27-16-8-14-25(18-27)23-11-5-2-6-12-23/h1-21,32-33H. The molecule has 0 radical (unpaired) electrons. The Balaban J connectivity index is 1.60. The highest BCUT2D eigenvalue weighted by atomic mass is 16.4. The fourth-order valence-electron chi connectivity index (χ4n) is 4.15. The maximum Gasteiger partial charge on any atom is 0.488 e. The minimum Gasteiger partial charge on any atom is -0.423 e. The fraction of sp³-hybridized carbons (Fsp3) is 0. The Kier molecular flexibility index (Phi) is 5.90. The van der Waals surface area contributed by atoms with Crippen molar-refractivity contribution in [3.8, 4) is 44.5 Å². The van der Waals surface area contributed by atoms with E-state index in [9.17, 15) is 10.0 Å². The van der Waals surface area contributed by atoms with Gasteiger partial charge in [0.25, 0.3) is 0 Å². The highest BCUT2D eigenvalue weighted by molar-refractivity contribution is 6.58. The molecular formula is C30H23BO2. The van der Waals surface area contributed by atoms with Gasteiger partial charge in [0.2, 0.25) is 0 Å². The van der Waals surface area contributed by atoms with Gasteiger partial charge in [0.05, 0.1) is 0 Å². The number of hydrogen-bond acceptors (Lipinski definition) is 2.